The second kappa shape index (κ2) is 7.75. The van der Waals surface area contributed by atoms with Gasteiger partial charge in [-0.05, 0) is 65.3 Å². The normalized spacial score (nSPS) is 14.6. The highest BCUT2D eigenvalue weighted by Gasteiger charge is 2.13. The fourth-order valence-electron chi connectivity index (χ4n) is 2.78. The molecule has 1 aromatic heterocycles. The van der Waals surface area contributed by atoms with Crippen LogP contribution in [0.15, 0.2) is 6.07 Å². The first-order valence-electron chi connectivity index (χ1n) is 7.75. The quantitative estimate of drug-likeness (QED) is 0.828. The fourth-order valence-corrected chi connectivity index (χ4v) is 2.78. The van der Waals surface area contributed by atoms with Crippen LogP contribution in [0, 0.1) is 20.8 Å². The summed E-state index contributed by atoms with van der Waals surface area (Å²) in [6, 6.07) is 3.18. The predicted molar refractivity (Wildman–Crippen MR) is 87.2 cm³/mol. The zero-order valence-corrected chi connectivity index (χ0v) is 14.2. The van der Waals surface area contributed by atoms with E-state index in [1.807, 2.05) is 0 Å². The van der Waals surface area contributed by atoms with E-state index in [9.17, 15) is 0 Å². The van der Waals surface area contributed by atoms with Crippen molar-refractivity contribution < 1.29 is 0 Å². The molecular formula is C17H31N3. The summed E-state index contributed by atoms with van der Waals surface area (Å²) in [6.07, 6.45) is 1.20. The van der Waals surface area contributed by atoms with E-state index in [4.69, 9.17) is 0 Å². The second-order valence-electron chi connectivity index (χ2n) is 5.99. The molecule has 2 atom stereocenters. The van der Waals surface area contributed by atoms with Crippen LogP contribution in [0.3, 0.4) is 0 Å². The van der Waals surface area contributed by atoms with Gasteiger partial charge >= 0.3 is 0 Å². The topological polar surface area (TPSA) is 28.2 Å². The first-order valence-corrected chi connectivity index (χ1v) is 7.75. The van der Waals surface area contributed by atoms with Crippen LogP contribution < -0.4 is 5.32 Å². The summed E-state index contributed by atoms with van der Waals surface area (Å²) < 4.78 is 0. The van der Waals surface area contributed by atoms with Gasteiger partial charge in [0.1, 0.15) is 0 Å². The third-order valence-corrected chi connectivity index (χ3v) is 4.28. The maximum Gasteiger partial charge on any atom is 0.0426 e. The number of likely N-dealkylation sites (N-methyl/N-ethyl adjacent to an activating group) is 1. The largest absolute Gasteiger partial charge is 0.309 e. The van der Waals surface area contributed by atoms with Gasteiger partial charge in [-0.3, -0.25) is 4.98 Å². The van der Waals surface area contributed by atoms with Crippen molar-refractivity contribution in [3.8, 4) is 0 Å². The molecule has 0 aliphatic heterocycles. The number of hydrogen-bond acceptors (Lipinski definition) is 3. The average molecular weight is 277 g/mol. The molecule has 0 aliphatic carbocycles. The summed E-state index contributed by atoms with van der Waals surface area (Å²) in [5.41, 5.74) is 4.94. The predicted octanol–water partition coefficient (Wildman–Crippen LogP) is 3.39. The van der Waals surface area contributed by atoms with E-state index in [0.29, 0.717) is 12.1 Å². The van der Waals surface area contributed by atoms with Crippen molar-refractivity contribution in [1.29, 1.82) is 0 Å². The molecule has 0 spiro atoms. The summed E-state index contributed by atoms with van der Waals surface area (Å²) >= 11 is 0. The summed E-state index contributed by atoms with van der Waals surface area (Å²) in [4.78, 5) is 7.00. The average Bonchev–Trinajstić information content (AvgIpc) is 2.36. The molecule has 0 saturated heterocycles. The molecule has 3 heteroatoms. The van der Waals surface area contributed by atoms with Crippen LogP contribution in [0.5, 0.6) is 0 Å². The van der Waals surface area contributed by atoms with Crippen molar-refractivity contribution in [3.63, 3.8) is 0 Å². The lowest BCUT2D eigenvalue weighted by atomic mass is 10.0. The lowest BCUT2D eigenvalue weighted by Crippen LogP contribution is -2.36. The summed E-state index contributed by atoms with van der Waals surface area (Å²) in [5, 5.41) is 3.63. The number of rotatable bonds is 7. The molecule has 0 aromatic carbocycles. The third kappa shape index (κ3) is 4.57. The Labute approximate surface area is 124 Å². The van der Waals surface area contributed by atoms with Gasteiger partial charge in [-0.1, -0.05) is 6.92 Å². The number of hydrogen-bond donors (Lipinski definition) is 1. The monoisotopic (exact) mass is 277 g/mol. The first kappa shape index (κ1) is 17.1. The molecule has 0 fully saturated rings. The van der Waals surface area contributed by atoms with Crippen LogP contribution in [0.25, 0.3) is 0 Å². The van der Waals surface area contributed by atoms with Gasteiger partial charge in [0, 0.05) is 36.6 Å². The first-order chi connectivity index (χ1) is 9.36. The minimum atomic E-state index is 0.355. The van der Waals surface area contributed by atoms with Crippen molar-refractivity contribution in [2.24, 2.45) is 0 Å². The Kier molecular flexibility index (Phi) is 6.63. The van der Waals surface area contributed by atoms with Crippen LogP contribution in [0.4, 0.5) is 0 Å². The van der Waals surface area contributed by atoms with Crippen molar-refractivity contribution in [3.05, 3.63) is 28.6 Å². The zero-order chi connectivity index (χ0) is 15.3. The Morgan fingerprint density at radius 3 is 2.45 bits per heavy atom. The van der Waals surface area contributed by atoms with Gasteiger partial charge in [-0.2, -0.15) is 0 Å². The van der Waals surface area contributed by atoms with Gasteiger partial charge < -0.3 is 10.2 Å². The molecule has 1 rings (SSSR count). The molecule has 0 saturated carbocycles. The van der Waals surface area contributed by atoms with Crippen molar-refractivity contribution in [1.82, 2.24) is 15.2 Å². The van der Waals surface area contributed by atoms with Gasteiger partial charge in [-0.25, -0.2) is 0 Å². The summed E-state index contributed by atoms with van der Waals surface area (Å²) in [5.74, 6) is 0. The molecule has 3 nitrogen and oxygen atoms in total. The van der Waals surface area contributed by atoms with E-state index in [2.05, 4.69) is 69.9 Å². The number of nitrogens with one attached hydrogen (secondary N) is 1. The maximum atomic E-state index is 4.59. The Hall–Kier alpha value is -0.930. The standard InChI is InChI=1S/C17H31N3/c1-8-14(4)20(7)10-9-18-15(5)17-12(2)11-13(3)19-16(17)6/h11,14-15,18H,8-10H2,1-7H3. The lowest BCUT2D eigenvalue weighted by Gasteiger charge is -2.25. The van der Waals surface area contributed by atoms with E-state index in [-0.39, 0.29) is 0 Å². The van der Waals surface area contributed by atoms with E-state index < -0.39 is 0 Å². The maximum absolute atomic E-state index is 4.59. The van der Waals surface area contributed by atoms with Gasteiger partial charge in [0.05, 0.1) is 0 Å². The number of pyridine rings is 1. The molecule has 1 aromatic rings. The van der Waals surface area contributed by atoms with Crippen molar-refractivity contribution in [2.45, 2.75) is 60.0 Å². The fraction of sp³-hybridized carbons (Fsp3) is 0.706. The molecule has 0 radical (unpaired) electrons. The summed E-state index contributed by atoms with van der Waals surface area (Å²) in [6.45, 7) is 15.2. The van der Waals surface area contributed by atoms with E-state index in [1.54, 1.807) is 0 Å². The SMILES string of the molecule is CCC(C)N(C)CCNC(C)c1c(C)cc(C)nc1C. The molecule has 20 heavy (non-hydrogen) atoms. The van der Waals surface area contributed by atoms with E-state index in [0.717, 1.165) is 24.5 Å². The number of aryl methyl sites for hydroxylation is 3. The molecule has 0 aliphatic rings. The zero-order valence-electron chi connectivity index (χ0n) is 14.2. The van der Waals surface area contributed by atoms with Crippen LogP contribution >= 0.6 is 0 Å². The van der Waals surface area contributed by atoms with Crippen LogP contribution in [0.1, 0.15) is 55.7 Å². The highest BCUT2D eigenvalue weighted by Crippen LogP contribution is 2.20. The summed E-state index contributed by atoms with van der Waals surface area (Å²) in [7, 11) is 2.20. The molecule has 2 unspecified atom stereocenters. The molecule has 1 N–H and O–H groups in total. The van der Waals surface area contributed by atoms with Gasteiger partial charge in [-0.15, -0.1) is 0 Å². The Balaban J connectivity index is 2.58. The molecule has 0 bridgehead atoms. The Morgan fingerprint density at radius 2 is 1.90 bits per heavy atom. The second-order valence-corrected chi connectivity index (χ2v) is 5.99. The lowest BCUT2D eigenvalue weighted by molar-refractivity contribution is 0.249. The van der Waals surface area contributed by atoms with Crippen LogP contribution in [-0.2, 0) is 0 Å². The third-order valence-electron chi connectivity index (χ3n) is 4.28. The van der Waals surface area contributed by atoms with Crippen LogP contribution in [0.2, 0.25) is 0 Å². The van der Waals surface area contributed by atoms with Crippen LogP contribution in [-0.4, -0.2) is 36.1 Å². The number of aromatic nitrogens is 1. The van der Waals surface area contributed by atoms with Gasteiger partial charge in [0.25, 0.3) is 0 Å². The smallest absolute Gasteiger partial charge is 0.0426 e. The van der Waals surface area contributed by atoms with Gasteiger partial charge in [0.15, 0.2) is 0 Å². The van der Waals surface area contributed by atoms with E-state index in [1.165, 1.54) is 17.5 Å². The molecule has 1 heterocycles. The minimum absolute atomic E-state index is 0.355. The highest BCUT2D eigenvalue weighted by atomic mass is 15.1. The Morgan fingerprint density at radius 1 is 1.25 bits per heavy atom. The molecular weight excluding hydrogens is 246 g/mol. The van der Waals surface area contributed by atoms with E-state index >= 15 is 0 Å². The highest BCUT2D eigenvalue weighted by molar-refractivity contribution is 5.33. The van der Waals surface area contributed by atoms with Gasteiger partial charge in [0.2, 0.25) is 0 Å². The Bertz CT molecular complexity index is 405. The molecule has 114 valence electrons. The minimum Gasteiger partial charge on any atom is -0.309 e. The van der Waals surface area contributed by atoms with Crippen molar-refractivity contribution >= 4 is 0 Å². The molecule has 0 amide bonds. The number of nitrogens with zero attached hydrogens (tertiary/aromatic N) is 2. The van der Waals surface area contributed by atoms with Crippen molar-refractivity contribution in [2.75, 3.05) is 20.1 Å².